The van der Waals surface area contributed by atoms with Crippen molar-refractivity contribution < 1.29 is 14.4 Å². The van der Waals surface area contributed by atoms with E-state index in [4.69, 9.17) is 0 Å². The minimum Gasteiger partial charge on any atom is -0.343 e. The van der Waals surface area contributed by atoms with Gasteiger partial charge in [0, 0.05) is 37.0 Å². The van der Waals surface area contributed by atoms with Gasteiger partial charge in [-0.25, -0.2) is 4.98 Å². The predicted molar refractivity (Wildman–Crippen MR) is 118 cm³/mol. The Kier molecular flexibility index (Phi) is 5.04. The number of benzene rings is 1. The van der Waals surface area contributed by atoms with Crippen LogP contribution in [0.3, 0.4) is 0 Å². The molecule has 0 spiro atoms. The molecule has 1 aromatic carbocycles. The maximum absolute atomic E-state index is 13.3. The molecular weight excluding hydrogens is 412 g/mol. The summed E-state index contributed by atoms with van der Waals surface area (Å²) in [5.74, 6) is -0.105. The number of aryl methyl sites for hydroxylation is 2. The molecule has 0 radical (unpaired) electrons. The first-order chi connectivity index (χ1) is 14.9. The van der Waals surface area contributed by atoms with Crippen molar-refractivity contribution in [3.8, 4) is 0 Å². The molecular formula is C23H26N4O3S. The minimum atomic E-state index is -0.605. The summed E-state index contributed by atoms with van der Waals surface area (Å²) >= 11 is 1.56. The van der Waals surface area contributed by atoms with Crippen LogP contribution in [0.4, 0.5) is 5.13 Å². The summed E-state index contributed by atoms with van der Waals surface area (Å²) in [4.78, 5) is 47.7. The van der Waals surface area contributed by atoms with E-state index in [1.807, 2.05) is 29.2 Å². The average molecular weight is 439 g/mol. The maximum Gasteiger partial charge on any atom is 0.254 e. The first kappa shape index (κ1) is 20.2. The Labute approximate surface area is 185 Å². The molecule has 1 fully saturated rings. The summed E-state index contributed by atoms with van der Waals surface area (Å²) in [5.41, 5.74) is 2.21. The SMILES string of the molecule is CC(=O)N1CCC(CC(=O)Nc2nc3c(s2)CCC3)(N2Cc3ccccc3C2=O)CC1. The molecule has 0 saturated carbocycles. The molecule has 3 heterocycles. The molecule has 1 saturated heterocycles. The molecule has 31 heavy (non-hydrogen) atoms. The zero-order valence-electron chi connectivity index (χ0n) is 17.6. The second-order valence-electron chi connectivity index (χ2n) is 8.75. The number of hydrogen-bond donors (Lipinski definition) is 1. The lowest BCUT2D eigenvalue weighted by Gasteiger charge is -2.47. The fraction of sp³-hybridized carbons (Fsp3) is 0.478. The zero-order chi connectivity index (χ0) is 21.6. The molecule has 3 amide bonds. The number of carbonyl (C=O) groups is 3. The molecule has 2 aliphatic heterocycles. The van der Waals surface area contributed by atoms with Crippen molar-refractivity contribution in [2.45, 2.75) is 57.5 Å². The number of anilines is 1. The van der Waals surface area contributed by atoms with Crippen LogP contribution in [-0.4, -0.2) is 51.1 Å². The Hall–Kier alpha value is -2.74. The number of thiazole rings is 1. The number of aromatic nitrogens is 1. The number of likely N-dealkylation sites (tertiary alicyclic amines) is 1. The Bertz CT molecular complexity index is 1030. The third kappa shape index (κ3) is 3.63. The highest BCUT2D eigenvalue weighted by atomic mass is 32.1. The maximum atomic E-state index is 13.3. The summed E-state index contributed by atoms with van der Waals surface area (Å²) in [6, 6.07) is 7.64. The van der Waals surface area contributed by atoms with E-state index in [1.54, 1.807) is 23.2 Å². The van der Waals surface area contributed by atoms with Crippen LogP contribution in [0.1, 0.15) is 59.1 Å². The summed E-state index contributed by atoms with van der Waals surface area (Å²) in [6.45, 7) is 3.18. The molecule has 3 aliphatic rings. The fourth-order valence-corrected chi connectivity index (χ4v) is 6.19. The van der Waals surface area contributed by atoms with Gasteiger partial charge in [0.25, 0.3) is 5.91 Å². The van der Waals surface area contributed by atoms with E-state index in [0.717, 1.165) is 30.5 Å². The van der Waals surface area contributed by atoms with Crippen LogP contribution in [0.2, 0.25) is 0 Å². The highest BCUT2D eigenvalue weighted by Crippen LogP contribution is 2.39. The van der Waals surface area contributed by atoms with Crippen molar-refractivity contribution in [2.24, 2.45) is 0 Å². The van der Waals surface area contributed by atoms with E-state index in [2.05, 4.69) is 10.3 Å². The average Bonchev–Trinajstić information content (AvgIpc) is 3.42. The monoisotopic (exact) mass is 438 g/mol. The molecule has 1 N–H and O–H groups in total. The third-order valence-electron chi connectivity index (χ3n) is 6.87. The first-order valence-electron chi connectivity index (χ1n) is 10.9. The Morgan fingerprint density at radius 1 is 1.19 bits per heavy atom. The number of hydrogen-bond acceptors (Lipinski definition) is 5. The highest BCUT2D eigenvalue weighted by Gasteiger charge is 2.47. The van der Waals surface area contributed by atoms with E-state index >= 15 is 0 Å². The third-order valence-corrected chi connectivity index (χ3v) is 7.94. The van der Waals surface area contributed by atoms with Crippen LogP contribution < -0.4 is 5.32 Å². The number of piperidine rings is 1. The minimum absolute atomic E-state index is 0.0205. The van der Waals surface area contributed by atoms with Crippen molar-refractivity contribution in [3.63, 3.8) is 0 Å². The molecule has 2 aromatic rings. The number of carbonyl (C=O) groups excluding carboxylic acids is 3. The topological polar surface area (TPSA) is 82.6 Å². The van der Waals surface area contributed by atoms with Crippen molar-refractivity contribution in [2.75, 3.05) is 18.4 Å². The molecule has 162 valence electrons. The van der Waals surface area contributed by atoms with Gasteiger partial charge >= 0.3 is 0 Å². The van der Waals surface area contributed by atoms with Gasteiger partial charge in [-0.3, -0.25) is 14.4 Å². The standard InChI is InChI=1S/C23H26N4O3S/c1-15(28)26-11-9-23(10-12-26,27-14-16-5-2-3-6-17(16)21(27)30)13-20(29)25-22-24-18-7-4-8-19(18)31-22/h2-3,5-6H,4,7-14H2,1H3,(H,24,25,29). The van der Waals surface area contributed by atoms with Crippen molar-refractivity contribution >= 4 is 34.2 Å². The number of fused-ring (bicyclic) bond motifs is 2. The lowest BCUT2D eigenvalue weighted by atomic mass is 9.82. The Morgan fingerprint density at radius 3 is 2.68 bits per heavy atom. The summed E-state index contributed by atoms with van der Waals surface area (Å²) in [5, 5.41) is 3.64. The molecule has 7 nitrogen and oxygen atoms in total. The van der Waals surface area contributed by atoms with Crippen LogP contribution in [0, 0.1) is 0 Å². The molecule has 0 bridgehead atoms. The van der Waals surface area contributed by atoms with Crippen molar-refractivity contribution in [1.82, 2.24) is 14.8 Å². The normalized spacial score (nSPS) is 19.3. The number of amides is 3. The molecule has 1 aromatic heterocycles. The van der Waals surface area contributed by atoms with E-state index in [9.17, 15) is 14.4 Å². The van der Waals surface area contributed by atoms with Crippen molar-refractivity contribution in [3.05, 3.63) is 46.0 Å². The second kappa shape index (κ2) is 7.75. The van der Waals surface area contributed by atoms with Crippen LogP contribution >= 0.6 is 11.3 Å². The largest absolute Gasteiger partial charge is 0.343 e. The van der Waals surface area contributed by atoms with Crippen LogP contribution in [0.15, 0.2) is 24.3 Å². The van der Waals surface area contributed by atoms with Gasteiger partial charge in [0.15, 0.2) is 5.13 Å². The molecule has 0 unspecified atom stereocenters. The van der Waals surface area contributed by atoms with Gasteiger partial charge < -0.3 is 15.1 Å². The van der Waals surface area contributed by atoms with E-state index in [0.29, 0.717) is 43.2 Å². The van der Waals surface area contributed by atoms with E-state index < -0.39 is 5.54 Å². The zero-order valence-corrected chi connectivity index (χ0v) is 18.5. The van der Waals surface area contributed by atoms with Gasteiger partial charge in [0.05, 0.1) is 17.7 Å². The summed E-state index contributed by atoms with van der Waals surface area (Å²) in [7, 11) is 0. The number of rotatable bonds is 4. The number of nitrogens with zero attached hydrogens (tertiary/aromatic N) is 3. The van der Waals surface area contributed by atoms with Gasteiger partial charge in [-0.05, 0) is 43.7 Å². The number of nitrogens with one attached hydrogen (secondary N) is 1. The second-order valence-corrected chi connectivity index (χ2v) is 9.83. The van der Waals surface area contributed by atoms with Gasteiger partial charge in [-0.2, -0.15) is 0 Å². The quantitative estimate of drug-likeness (QED) is 0.796. The van der Waals surface area contributed by atoms with Gasteiger partial charge in [-0.15, -0.1) is 11.3 Å². The predicted octanol–water partition coefficient (Wildman–Crippen LogP) is 3.00. The van der Waals surface area contributed by atoms with Gasteiger partial charge in [0.2, 0.25) is 11.8 Å². The molecule has 1 aliphatic carbocycles. The molecule has 8 heteroatoms. The smallest absolute Gasteiger partial charge is 0.254 e. The van der Waals surface area contributed by atoms with E-state index in [1.165, 1.54) is 4.88 Å². The molecule has 0 atom stereocenters. The van der Waals surface area contributed by atoms with E-state index in [-0.39, 0.29) is 24.1 Å². The fourth-order valence-electron chi connectivity index (χ4n) is 5.12. The Morgan fingerprint density at radius 2 is 1.97 bits per heavy atom. The first-order valence-corrected chi connectivity index (χ1v) is 11.7. The Balaban J connectivity index is 1.37. The highest BCUT2D eigenvalue weighted by molar-refractivity contribution is 7.15. The summed E-state index contributed by atoms with van der Waals surface area (Å²) < 4.78 is 0. The van der Waals surface area contributed by atoms with Crippen LogP contribution in [-0.2, 0) is 29.0 Å². The van der Waals surface area contributed by atoms with Crippen LogP contribution in [0.5, 0.6) is 0 Å². The lowest BCUT2D eigenvalue weighted by Crippen LogP contribution is -2.57. The lowest BCUT2D eigenvalue weighted by molar-refractivity contribution is -0.131. The molecule has 5 rings (SSSR count). The van der Waals surface area contributed by atoms with Gasteiger partial charge in [-0.1, -0.05) is 18.2 Å². The van der Waals surface area contributed by atoms with Crippen molar-refractivity contribution in [1.29, 1.82) is 0 Å². The van der Waals surface area contributed by atoms with Crippen LogP contribution in [0.25, 0.3) is 0 Å². The summed E-state index contributed by atoms with van der Waals surface area (Å²) in [6.07, 6.45) is 4.54. The van der Waals surface area contributed by atoms with Gasteiger partial charge in [0.1, 0.15) is 0 Å².